The van der Waals surface area contributed by atoms with Crippen LogP contribution in [0.5, 0.6) is 0 Å². The Kier molecular flexibility index (Phi) is 6.57. The molecule has 2 heterocycles. The fourth-order valence-corrected chi connectivity index (χ4v) is 5.78. The van der Waals surface area contributed by atoms with Gasteiger partial charge in [-0.25, -0.2) is 13.2 Å². The zero-order valence-electron chi connectivity index (χ0n) is 18.0. The number of piperidine rings is 1. The summed E-state index contributed by atoms with van der Waals surface area (Å²) in [5.74, 6) is -0.837. The van der Waals surface area contributed by atoms with Crippen molar-refractivity contribution in [3.63, 3.8) is 0 Å². The van der Waals surface area contributed by atoms with E-state index in [9.17, 15) is 18.0 Å². The van der Waals surface area contributed by atoms with Crippen LogP contribution in [0.2, 0.25) is 0 Å². The van der Waals surface area contributed by atoms with Gasteiger partial charge < -0.3 is 9.64 Å². The standard InChI is InChI=1S/C23H27N3O5S/c1-31-23(28)20-7-2-3-8-21(20)32(29,30)25-14-11-17(12-15-25)22(27)26(19-9-10-19)16-18-6-4-5-13-24-18/h2-8,13,17,19H,9-12,14-16H2,1H3. The molecule has 1 aromatic carbocycles. The highest BCUT2D eigenvalue weighted by Gasteiger charge is 2.39. The van der Waals surface area contributed by atoms with E-state index in [0.29, 0.717) is 19.4 Å². The fourth-order valence-electron chi connectivity index (χ4n) is 4.13. The quantitative estimate of drug-likeness (QED) is 0.593. The van der Waals surface area contributed by atoms with Crippen LogP contribution in [0.4, 0.5) is 0 Å². The van der Waals surface area contributed by atoms with Gasteiger partial charge in [0.15, 0.2) is 0 Å². The smallest absolute Gasteiger partial charge is 0.339 e. The van der Waals surface area contributed by atoms with E-state index < -0.39 is 16.0 Å². The van der Waals surface area contributed by atoms with Crippen molar-refractivity contribution in [2.24, 2.45) is 5.92 Å². The van der Waals surface area contributed by atoms with Gasteiger partial charge in [-0.2, -0.15) is 4.31 Å². The molecule has 170 valence electrons. The van der Waals surface area contributed by atoms with Crippen molar-refractivity contribution in [1.29, 1.82) is 0 Å². The number of pyridine rings is 1. The molecular formula is C23H27N3O5S. The summed E-state index contributed by atoms with van der Waals surface area (Å²) in [4.78, 5) is 31.5. The molecule has 8 nitrogen and oxygen atoms in total. The molecule has 1 aliphatic heterocycles. The number of ether oxygens (including phenoxy) is 1. The van der Waals surface area contributed by atoms with E-state index >= 15 is 0 Å². The average molecular weight is 458 g/mol. The van der Waals surface area contributed by atoms with E-state index in [1.165, 1.54) is 23.5 Å². The van der Waals surface area contributed by atoms with Crippen LogP contribution < -0.4 is 0 Å². The second kappa shape index (κ2) is 9.38. The summed E-state index contributed by atoms with van der Waals surface area (Å²) in [5, 5.41) is 0. The fraction of sp³-hybridized carbons (Fsp3) is 0.435. The molecule has 0 unspecified atom stereocenters. The van der Waals surface area contributed by atoms with Crippen molar-refractivity contribution in [3.8, 4) is 0 Å². The van der Waals surface area contributed by atoms with Gasteiger partial charge in [0.25, 0.3) is 0 Å². The summed E-state index contributed by atoms with van der Waals surface area (Å²) in [7, 11) is -2.65. The lowest BCUT2D eigenvalue weighted by Gasteiger charge is -2.34. The molecule has 2 aliphatic rings. The van der Waals surface area contributed by atoms with Crippen molar-refractivity contribution in [2.75, 3.05) is 20.2 Å². The number of benzene rings is 1. The molecule has 1 aliphatic carbocycles. The molecule has 0 radical (unpaired) electrons. The number of sulfonamides is 1. The van der Waals surface area contributed by atoms with Gasteiger partial charge >= 0.3 is 5.97 Å². The monoisotopic (exact) mass is 457 g/mol. The Bertz CT molecular complexity index is 1080. The number of carbonyl (C=O) groups excluding carboxylic acids is 2. The zero-order valence-corrected chi connectivity index (χ0v) is 18.8. The summed E-state index contributed by atoms with van der Waals surface area (Å²) in [5.41, 5.74) is 0.871. The van der Waals surface area contributed by atoms with Crippen molar-refractivity contribution in [2.45, 2.75) is 43.2 Å². The Morgan fingerprint density at radius 2 is 1.75 bits per heavy atom. The number of hydrogen-bond acceptors (Lipinski definition) is 6. The molecule has 0 spiro atoms. The number of nitrogens with zero attached hydrogens (tertiary/aromatic N) is 3. The summed E-state index contributed by atoms with van der Waals surface area (Å²) in [6.07, 6.45) is 4.61. The molecule has 4 rings (SSSR count). The van der Waals surface area contributed by atoms with Gasteiger partial charge in [0.1, 0.15) is 0 Å². The van der Waals surface area contributed by atoms with Crippen LogP contribution in [-0.2, 0) is 26.1 Å². The van der Waals surface area contributed by atoms with Crippen LogP contribution in [0.1, 0.15) is 41.7 Å². The molecular weight excluding hydrogens is 430 g/mol. The normalized spacial score (nSPS) is 17.7. The van der Waals surface area contributed by atoms with Crippen LogP contribution in [0.25, 0.3) is 0 Å². The van der Waals surface area contributed by atoms with Crippen LogP contribution in [-0.4, -0.2) is 60.7 Å². The Labute approximate surface area is 188 Å². The third kappa shape index (κ3) is 4.68. The highest BCUT2D eigenvalue weighted by atomic mass is 32.2. The van der Waals surface area contributed by atoms with Crippen molar-refractivity contribution in [1.82, 2.24) is 14.2 Å². The highest BCUT2D eigenvalue weighted by molar-refractivity contribution is 7.89. The lowest BCUT2D eigenvalue weighted by atomic mass is 9.96. The minimum atomic E-state index is -3.87. The topological polar surface area (TPSA) is 96.9 Å². The van der Waals surface area contributed by atoms with Crippen molar-refractivity contribution < 1.29 is 22.7 Å². The zero-order chi connectivity index (χ0) is 22.7. The first-order valence-electron chi connectivity index (χ1n) is 10.8. The summed E-state index contributed by atoms with van der Waals surface area (Å²) >= 11 is 0. The molecule has 1 saturated heterocycles. The average Bonchev–Trinajstić information content (AvgIpc) is 3.67. The van der Waals surface area contributed by atoms with Crippen LogP contribution >= 0.6 is 0 Å². The maximum absolute atomic E-state index is 13.3. The largest absolute Gasteiger partial charge is 0.465 e. The third-order valence-corrected chi connectivity index (χ3v) is 8.00. The molecule has 1 aromatic heterocycles. The van der Waals surface area contributed by atoms with E-state index in [0.717, 1.165) is 18.5 Å². The van der Waals surface area contributed by atoms with E-state index in [-0.39, 0.29) is 41.4 Å². The highest BCUT2D eigenvalue weighted by Crippen LogP contribution is 2.33. The SMILES string of the molecule is COC(=O)c1ccccc1S(=O)(=O)N1CCC(C(=O)N(Cc2ccccn2)C2CC2)CC1. The van der Waals surface area contributed by atoms with Crippen LogP contribution in [0.3, 0.4) is 0 Å². The number of amides is 1. The van der Waals surface area contributed by atoms with Gasteiger partial charge in [-0.1, -0.05) is 18.2 Å². The van der Waals surface area contributed by atoms with E-state index in [1.54, 1.807) is 18.3 Å². The Morgan fingerprint density at radius 1 is 1.06 bits per heavy atom. The molecule has 9 heteroatoms. The minimum absolute atomic E-state index is 0.0171. The number of rotatable bonds is 7. The molecule has 0 N–H and O–H groups in total. The minimum Gasteiger partial charge on any atom is -0.465 e. The van der Waals surface area contributed by atoms with E-state index in [2.05, 4.69) is 4.98 Å². The molecule has 0 bridgehead atoms. The lowest BCUT2D eigenvalue weighted by Crippen LogP contribution is -2.45. The van der Waals surface area contributed by atoms with Gasteiger partial charge in [-0.3, -0.25) is 9.78 Å². The van der Waals surface area contributed by atoms with Gasteiger partial charge in [0.2, 0.25) is 15.9 Å². The molecule has 1 saturated carbocycles. The number of carbonyl (C=O) groups is 2. The number of hydrogen-bond donors (Lipinski definition) is 0. The molecule has 1 amide bonds. The van der Waals surface area contributed by atoms with Crippen LogP contribution in [0, 0.1) is 5.92 Å². The Hall–Kier alpha value is -2.78. The van der Waals surface area contributed by atoms with Gasteiger partial charge in [0, 0.05) is 31.2 Å². The number of methoxy groups -OCH3 is 1. The van der Waals surface area contributed by atoms with Crippen LogP contribution in [0.15, 0.2) is 53.6 Å². The third-order valence-electron chi connectivity index (χ3n) is 6.04. The van der Waals surface area contributed by atoms with Gasteiger partial charge in [-0.15, -0.1) is 0 Å². The van der Waals surface area contributed by atoms with Crippen molar-refractivity contribution in [3.05, 3.63) is 59.9 Å². The summed E-state index contributed by atoms with van der Waals surface area (Å²) in [6.45, 7) is 0.946. The predicted octanol–water partition coefficient (Wildman–Crippen LogP) is 2.46. The van der Waals surface area contributed by atoms with Gasteiger partial charge in [-0.05, 0) is 49.9 Å². The Morgan fingerprint density at radius 3 is 2.38 bits per heavy atom. The van der Waals surface area contributed by atoms with E-state index in [4.69, 9.17) is 4.74 Å². The second-order valence-corrected chi connectivity index (χ2v) is 10.1. The summed E-state index contributed by atoms with van der Waals surface area (Å²) < 4.78 is 32.5. The second-order valence-electron chi connectivity index (χ2n) is 8.18. The maximum atomic E-state index is 13.3. The first kappa shape index (κ1) is 22.4. The summed E-state index contributed by atoms with van der Waals surface area (Å²) in [6, 6.07) is 12.0. The van der Waals surface area contributed by atoms with E-state index in [1.807, 2.05) is 23.1 Å². The molecule has 2 aromatic rings. The lowest BCUT2D eigenvalue weighted by molar-refractivity contribution is -0.138. The number of esters is 1. The predicted molar refractivity (Wildman–Crippen MR) is 117 cm³/mol. The first-order chi connectivity index (χ1) is 15.4. The Balaban J connectivity index is 1.44. The first-order valence-corrected chi connectivity index (χ1v) is 12.2. The van der Waals surface area contributed by atoms with Crippen molar-refractivity contribution >= 4 is 21.9 Å². The molecule has 0 atom stereocenters. The molecule has 2 fully saturated rings. The number of aromatic nitrogens is 1. The maximum Gasteiger partial charge on any atom is 0.339 e. The molecule has 32 heavy (non-hydrogen) atoms. The van der Waals surface area contributed by atoms with Gasteiger partial charge in [0.05, 0.1) is 29.8 Å².